The van der Waals surface area contributed by atoms with Crippen LogP contribution in [0.15, 0.2) is 72.8 Å². The average Bonchev–Trinajstić information content (AvgIpc) is 3.09. The van der Waals surface area contributed by atoms with E-state index in [4.69, 9.17) is 4.98 Å². The number of rotatable bonds is 7. The van der Waals surface area contributed by atoms with Crippen LogP contribution in [0.3, 0.4) is 0 Å². The summed E-state index contributed by atoms with van der Waals surface area (Å²) in [5.74, 6) is 0.0918. The van der Waals surface area contributed by atoms with E-state index in [0.29, 0.717) is 6.54 Å². The lowest BCUT2D eigenvalue weighted by molar-refractivity contribution is 0.0949. The number of aryl methyl sites for hydroxylation is 2. The molecule has 0 radical (unpaired) electrons. The van der Waals surface area contributed by atoms with Crippen molar-refractivity contribution in [1.29, 1.82) is 0 Å². The van der Waals surface area contributed by atoms with E-state index < -0.39 is 5.82 Å². The van der Waals surface area contributed by atoms with Gasteiger partial charge in [-0.2, -0.15) is 0 Å². The molecule has 0 bridgehead atoms. The zero-order chi connectivity index (χ0) is 20.9. The van der Waals surface area contributed by atoms with Gasteiger partial charge in [0.05, 0.1) is 16.6 Å². The summed E-state index contributed by atoms with van der Waals surface area (Å²) in [4.78, 5) is 17.0. The number of nitrogens with one attached hydrogen (secondary N) is 1. The lowest BCUT2D eigenvalue weighted by atomic mass is 10.1. The van der Waals surface area contributed by atoms with Crippen LogP contribution in [0, 0.1) is 12.7 Å². The van der Waals surface area contributed by atoms with Crippen LogP contribution in [-0.4, -0.2) is 22.0 Å². The van der Waals surface area contributed by atoms with Crippen LogP contribution in [0.25, 0.3) is 11.0 Å². The van der Waals surface area contributed by atoms with Crippen molar-refractivity contribution in [2.24, 2.45) is 0 Å². The maximum atomic E-state index is 13.7. The Bertz CT molecular complexity index is 1180. The lowest BCUT2D eigenvalue weighted by Gasteiger charge is -2.11. The largest absolute Gasteiger partial charge is 0.352 e. The number of carbonyl (C=O) groups is 1. The number of benzene rings is 3. The maximum absolute atomic E-state index is 13.7. The van der Waals surface area contributed by atoms with Gasteiger partial charge in [0.2, 0.25) is 0 Å². The van der Waals surface area contributed by atoms with Gasteiger partial charge in [-0.3, -0.25) is 4.79 Å². The number of hydrogen-bond acceptors (Lipinski definition) is 2. The molecule has 5 heteroatoms. The zero-order valence-electron chi connectivity index (χ0n) is 16.9. The van der Waals surface area contributed by atoms with Crippen LogP contribution in [0.5, 0.6) is 0 Å². The minimum atomic E-state index is -0.505. The van der Waals surface area contributed by atoms with Gasteiger partial charge in [0.15, 0.2) is 0 Å². The first-order valence-electron chi connectivity index (χ1n) is 10.1. The third-order valence-corrected chi connectivity index (χ3v) is 5.14. The zero-order valence-corrected chi connectivity index (χ0v) is 16.9. The first kappa shape index (κ1) is 19.8. The molecule has 1 aromatic heterocycles. The monoisotopic (exact) mass is 401 g/mol. The van der Waals surface area contributed by atoms with Gasteiger partial charge in [0.1, 0.15) is 11.6 Å². The van der Waals surface area contributed by atoms with E-state index in [2.05, 4.69) is 47.1 Å². The van der Waals surface area contributed by atoms with E-state index in [1.807, 2.05) is 18.2 Å². The van der Waals surface area contributed by atoms with Gasteiger partial charge in [-0.25, -0.2) is 9.37 Å². The summed E-state index contributed by atoms with van der Waals surface area (Å²) in [6.45, 7) is 3.30. The number of para-hydroxylation sites is 2. The number of hydrogen-bond donors (Lipinski definition) is 1. The molecule has 1 amide bonds. The van der Waals surface area contributed by atoms with Gasteiger partial charge in [-0.1, -0.05) is 54.1 Å². The van der Waals surface area contributed by atoms with Crippen molar-refractivity contribution in [1.82, 2.24) is 14.9 Å². The van der Waals surface area contributed by atoms with E-state index in [0.717, 1.165) is 36.2 Å². The fourth-order valence-corrected chi connectivity index (χ4v) is 3.67. The van der Waals surface area contributed by atoms with Gasteiger partial charge >= 0.3 is 0 Å². The van der Waals surface area contributed by atoms with Crippen LogP contribution in [0.1, 0.15) is 33.7 Å². The summed E-state index contributed by atoms with van der Waals surface area (Å²) in [6.07, 6.45) is 1.44. The molecule has 0 aliphatic carbocycles. The molecule has 0 atom stereocenters. The molecule has 0 aliphatic rings. The molecule has 0 saturated heterocycles. The Hall–Kier alpha value is -3.47. The van der Waals surface area contributed by atoms with Crippen LogP contribution in [0.4, 0.5) is 4.39 Å². The normalized spacial score (nSPS) is 11.0. The topological polar surface area (TPSA) is 46.9 Å². The van der Waals surface area contributed by atoms with Crippen molar-refractivity contribution in [3.8, 4) is 0 Å². The predicted molar refractivity (Wildman–Crippen MR) is 117 cm³/mol. The standard InChI is InChI=1S/C25H24FN3O/c1-18-8-6-9-19(16-18)17-29-23-13-5-4-12-22(23)28-24(29)14-7-15-27-25(30)20-10-2-3-11-21(20)26/h2-6,8-13,16H,7,14-15,17H2,1H3,(H,27,30). The molecule has 4 nitrogen and oxygen atoms in total. The highest BCUT2D eigenvalue weighted by molar-refractivity contribution is 5.94. The van der Waals surface area contributed by atoms with E-state index in [1.54, 1.807) is 12.1 Å². The number of fused-ring (bicyclic) bond motifs is 1. The molecular formula is C25H24FN3O. The second-order valence-corrected chi connectivity index (χ2v) is 7.43. The molecule has 4 rings (SSSR count). The van der Waals surface area contributed by atoms with Crippen LogP contribution in [-0.2, 0) is 13.0 Å². The van der Waals surface area contributed by atoms with Crippen molar-refractivity contribution in [2.45, 2.75) is 26.3 Å². The quantitative estimate of drug-likeness (QED) is 0.448. The Balaban J connectivity index is 1.46. The Morgan fingerprint density at radius 3 is 2.67 bits per heavy atom. The lowest BCUT2D eigenvalue weighted by Crippen LogP contribution is -2.25. The van der Waals surface area contributed by atoms with Crippen LogP contribution >= 0.6 is 0 Å². The highest BCUT2D eigenvalue weighted by atomic mass is 19.1. The van der Waals surface area contributed by atoms with Crippen molar-refractivity contribution in [2.75, 3.05) is 6.54 Å². The summed E-state index contributed by atoms with van der Waals surface area (Å²) < 4.78 is 16.0. The number of nitrogens with zero attached hydrogens (tertiary/aromatic N) is 2. The van der Waals surface area contributed by atoms with Gasteiger partial charge in [0.25, 0.3) is 5.91 Å². The Kier molecular flexibility index (Phi) is 5.89. The summed E-state index contributed by atoms with van der Waals surface area (Å²) in [7, 11) is 0. The number of halogens is 1. The van der Waals surface area contributed by atoms with Crippen molar-refractivity contribution < 1.29 is 9.18 Å². The Labute approximate surface area is 175 Å². The van der Waals surface area contributed by atoms with Crippen LogP contribution < -0.4 is 5.32 Å². The number of imidazole rings is 1. The molecule has 30 heavy (non-hydrogen) atoms. The first-order valence-corrected chi connectivity index (χ1v) is 10.1. The first-order chi connectivity index (χ1) is 14.6. The minimum absolute atomic E-state index is 0.0733. The smallest absolute Gasteiger partial charge is 0.254 e. The SMILES string of the molecule is Cc1cccc(Cn2c(CCCNC(=O)c3ccccc3F)nc3ccccc32)c1. The summed E-state index contributed by atoms with van der Waals surface area (Å²) in [6, 6.07) is 22.6. The molecular weight excluding hydrogens is 377 g/mol. The van der Waals surface area contributed by atoms with Crippen LogP contribution in [0.2, 0.25) is 0 Å². The second-order valence-electron chi connectivity index (χ2n) is 7.43. The minimum Gasteiger partial charge on any atom is -0.352 e. The number of aromatic nitrogens is 2. The van der Waals surface area contributed by atoms with E-state index >= 15 is 0 Å². The summed E-state index contributed by atoms with van der Waals surface area (Å²) >= 11 is 0. The molecule has 1 heterocycles. The third kappa shape index (κ3) is 4.40. The van der Waals surface area contributed by atoms with Crippen molar-refractivity contribution in [3.63, 3.8) is 0 Å². The average molecular weight is 401 g/mol. The molecule has 0 spiro atoms. The number of carbonyl (C=O) groups excluding carboxylic acids is 1. The van der Waals surface area contributed by atoms with E-state index in [9.17, 15) is 9.18 Å². The summed E-state index contributed by atoms with van der Waals surface area (Å²) in [5, 5.41) is 2.80. The predicted octanol–water partition coefficient (Wildman–Crippen LogP) is 4.89. The van der Waals surface area contributed by atoms with E-state index in [1.165, 1.54) is 23.3 Å². The van der Waals surface area contributed by atoms with Gasteiger partial charge in [0, 0.05) is 19.5 Å². The molecule has 0 aliphatic heterocycles. The van der Waals surface area contributed by atoms with Crippen molar-refractivity contribution >= 4 is 16.9 Å². The van der Waals surface area contributed by atoms with Crippen molar-refractivity contribution in [3.05, 3.63) is 101 Å². The molecule has 0 unspecified atom stereocenters. The molecule has 3 aromatic carbocycles. The Morgan fingerprint density at radius 1 is 1.03 bits per heavy atom. The molecule has 1 N–H and O–H groups in total. The van der Waals surface area contributed by atoms with E-state index in [-0.39, 0.29) is 11.5 Å². The highest BCUT2D eigenvalue weighted by Crippen LogP contribution is 2.19. The second kappa shape index (κ2) is 8.91. The van der Waals surface area contributed by atoms with Gasteiger partial charge in [-0.05, 0) is 43.2 Å². The summed E-state index contributed by atoms with van der Waals surface area (Å²) in [5.41, 5.74) is 4.60. The molecule has 0 fully saturated rings. The fraction of sp³-hybridized carbons (Fsp3) is 0.200. The Morgan fingerprint density at radius 2 is 1.83 bits per heavy atom. The molecule has 4 aromatic rings. The molecule has 0 saturated carbocycles. The third-order valence-electron chi connectivity index (χ3n) is 5.14. The number of amides is 1. The highest BCUT2D eigenvalue weighted by Gasteiger charge is 2.13. The maximum Gasteiger partial charge on any atom is 0.254 e. The molecule has 152 valence electrons. The van der Waals surface area contributed by atoms with Gasteiger partial charge < -0.3 is 9.88 Å². The van der Waals surface area contributed by atoms with Gasteiger partial charge in [-0.15, -0.1) is 0 Å². The fourth-order valence-electron chi connectivity index (χ4n) is 3.67.